The highest BCUT2D eigenvalue weighted by atomic mass is 16.5. The van der Waals surface area contributed by atoms with E-state index in [1.165, 1.54) is 0 Å². The largest absolute Gasteiger partial charge is 0.374 e. The quantitative estimate of drug-likeness (QED) is 0.498. The summed E-state index contributed by atoms with van der Waals surface area (Å²) in [5.41, 5.74) is 1.14. The highest BCUT2D eigenvalue weighted by Crippen LogP contribution is 2.05. The molecule has 0 radical (unpaired) electrons. The number of carbonyl (C=O) groups is 1. The lowest BCUT2D eigenvalue weighted by atomic mass is 10.2. The Labute approximate surface area is 108 Å². The van der Waals surface area contributed by atoms with E-state index in [1.807, 2.05) is 49.4 Å². The second-order valence-corrected chi connectivity index (χ2v) is 3.93. The summed E-state index contributed by atoms with van der Waals surface area (Å²) in [5.74, 6) is 0. The Kier molecular flexibility index (Phi) is 7.77. The third-order valence-corrected chi connectivity index (χ3v) is 2.45. The van der Waals surface area contributed by atoms with E-state index < -0.39 is 0 Å². The maximum atomic E-state index is 10.3. The molecule has 0 heterocycles. The summed E-state index contributed by atoms with van der Waals surface area (Å²) >= 11 is 0. The van der Waals surface area contributed by atoms with Crippen LogP contribution in [0.2, 0.25) is 0 Å². The van der Waals surface area contributed by atoms with Crippen molar-refractivity contribution in [1.82, 2.24) is 0 Å². The first kappa shape index (κ1) is 14.6. The number of hydrogen-bond acceptors (Lipinski definition) is 3. The molecule has 98 valence electrons. The summed E-state index contributed by atoms with van der Waals surface area (Å²) in [6, 6.07) is 9.99. The van der Waals surface area contributed by atoms with Gasteiger partial charge in [-0.15, -0.1) is 0 Å². The normalized spacial score (nSPS) is 12.7. The second-order valence-electron chi connectivity index (χ2n) is 3.93. The molecule has 0 unspecified atom stereocenters. The zero-order chi connectivity index (χ0) is 13.1. The predicted molar refractivity (Wildman–Crippen MR) is 71.3 cm³/mol. The van der Waals surface area contributed by atoms with Crippen LogP contribution in [0.15, 0.2) is 42.5 Å². The maximum absolute atomic E-state index is 10.3. The Morgan fingerprint density at radius 3 is 2.72 bits per heavy atom. The van der Waals surface area contributed by atoms with Crippen LogP contribution in [0, 0.1) is 0 Å². The van der Waals surface area contributed by atoms with E-state index in [2.05, 4.69) is 0 Å². The molecule has 0 aliphatic rings. The van der Waals surface area contributed by atoms with Crippen LogP contribution >= 0.6 is 0 Å². The molecule has 1 aromatic carbocycles. The third kappa shape index (κ3) is 6.33. The molecular formula is C15H20O3. The Morgan fingerprint density at radius 1 is 1.28 bits per heavy atom. The number of benzene rings is 1. The molecule has 0 aromatic heterocycles. The first-order chi connectivity index (χ1) is 8.86. The topological polar surface area (TPSA) is 35.5 Å². The molecular weight excluding hydrogens is 228 g/mol. The Bertz CT molecular complexity index is 346. The van der Waals surface area contributed by atoms with Crippen LogP contribution in [0.1, 0.15) is 18.9 Å². The van der Waals surface area contributed by atoms with Crippen molar-refractivity contribution in [3.8, 4) is 0 Å². The number of aldehydes is 1. The molecule has 0 bridgehead atoms. The van der Waals surface area contributed by atoms with E-state index in [0.29, 0.717) is 13.2 Å². The van der Waals surface area contributed by atoms with E-state index in [4.69, 9.17) is 9.47 Å². The molecule has 0 fully saturated rings. The van der Waals surface area contributed by atoms with Gasteiger partial charge in [-0.2, -0.15) is 0 Å². The summed E-state index contributed by atoms with van der Waals surface area (Å²) in [7, 11) is 0. The summed E-state index contributed by atoms with van der Waals surface area (Å²) in [5, 5.41) is 0. The van der Waals surface area contributed by atoms with Gasteiger partial charge in [-0.05, 0) is 18.9 Å². The molecule has 1 aromatic rings. The van der Waals surface area contributed by atoms with Crippen LogP contribution < -0.4 is 0 Å². The number of allylic oxidation sites excluding steroid dienone is 1. The summed E-state index contributed by atoms with van der Waals surface area (Å²) in [6.45, 7) is 3.14. The highest BCUT2D eigenvalue weighted by Gasteiger charge is 2.07. The van der Waals surface area contributed by atoms with Gasteiger partial charge >= 0.3 is 0 Å². The van der Waals surface area contributed by atoms with Crippen molar-refractivity contribution in [1.29, 1.82) is 0 Å². The monoisotopic (exact) mass is 248 g/mol. The number of carbonyl (C=O) groups excluding carboxylic acids is 1. The van der Waals surface area contributed by atoms with Crippen molar-refractivity contribution in [3.05, 3.63) is 48.0 Å². The fraction of sp³-hybridized carbons (Fsp3) is 0.400. The van der Waals surface area contributed by atoms with Gasteiger partial charge in [-0.3, -0.25) is 0 Å². The highest BCUT2D eigenvalue weighted by molar-refractivity contribution is 5.50. The lowest BCUT2D eigenvalue weighted by molar-refractivity contribution is -0.115. The molecule has 1 atom stereocenters. The molecule has 0 saturated heterocycles. The predicted octanol–water partition coefficient (Wildman–Crippen LogP) is 2.75. The molecule has 3 heteroatoms. The van der Waals surface area contributed by atoms with Crippen LogP contribution in [0.5, 0.6) is 0 Å². The third-order valence-electron chi connectivity index (χ3n) is 2.45. The number of hydrogen-bond donors (Lipinski definition) is 0. The molecule has 0 amide bonds. The SMILES string of the molecule is C/C=C/C[C@H](COCc1ccccc1)OCC=O. The van der Waals surface area contributed by atoms with E-state index in [1.54, 1.807) is 0 Å². The fourth-order valence-electron chi connectivity index (χ4n) is 1.53. The summed E-state index contributed by atoms with van der Waals surface area (Å²) in [6.07, 6.45) is 5.45. The average molecular weight is 248 g/mol. The minimum Gasteiger partial charge on any atom is -0.374 e. The van der Waals surface area contributed by atoms with Crippen molar-refractivity contribution in [3.63, 3.8) is 0 Å². The molecule has 0 spiro atoms. The maximum Gasteiger partial charge on any atom is 0.145 e. The van der Waals surface area contributed by atoms with E-state index in [0.717, 1.165) is 18.3 Å². The minimum atomic E-state index is -0.0601. The average Bonchev–Trinajstić information content (AvgIpc) is 2.42. The lowest BCUT2D eigenvalue weighted by Crippen LogP contribution is -2.20. The second kappa shape index (κ2) is 9.57. The Morgan fingerprint density at radius 2 is 2.06 bits per heavy atom. The van der Waals surface area contributed by atoms with Crippen LogP contribution in [-0.2, 0) is 20.9 Å². The van der Waals surface area contributed by atoms with Crippen LogP contribution in [0.4, 0.5) is 0 Å². The van der Waals surface area contributed by atoms with Gasteiger partial charge in [0.15, 0.2) is 0 Å². The van der Waals surface area contributed by atoms with Gasteiger partial charge in [0.2, 0.25) is 0 Å². The van der Waals surface area contributed by atoms with E-state index >= 15 is 0 Å². The van der Waals surface area contributed by atoms with Crippen molar-refractivity contribution in [2.75, 3.05) is 13.2 Å². The molecule has 3 nitrogen and oxygen atoms in total. The molecule has 0 saturated carbocycles. The zero-order valence-electron chi connectivity index (χ0n) is 10.7. The first-order valence-corrected chi connectivity index (χ1v) is 6.15. The smallest absolute Gasteiger partial charge is 0.145 e. The van der Waals surface area contributed by atoms with Crippen molar-refractivity contribution >= 4 is 6.29 Å². The van der Waals surface area contributed by atoms with Gasteiger partial charge in [-0.25, -0.2) is 0 Å². The Balaban J connectivity index is 2.29. The van der Waals surface area contributed by atoms with Gasteiger partial charge in [0.1, 0.15) is 12.9 Å². The van der Waals surface area contributed by atoms with Gasteiger partial charge < -0.3 is 14.3 Å². The summed E-state index contributed by atoms with van der Waals surface area (Å²) in [4.78, 5) is 10.3. The van der Waals surface area contributed by atoms with Crippen LogP contribution in [-0.4, -0.2) is 25.6 Å². The van der Waals surface area contributed by atoms with Crippen molar-refractivity contribution in [2.24, 2.45) is 0 Å². The molecule has 18 heavy (non-hydrogen) atoms. The van der Waals surface area contributed by atoms with Crippen LogP contribution in [0.25, 0.3) is 0 Å². The fourth-order valence-corrected chi connectivity index (χ4v) is 1.53. The van der Waals surface area contributed by atoms with Crippen molar-refractivity contribution in [2.45, 2.75) is 26.1 Å². The molecule has 0 aliphatic heterocycles. The van der Waals surface area contributed by atoms with Crippen LogP contribution in [0.3, 0.4) is 0 Å². The van der Waals surface area contributed by atoms with E-state index in [-0.39, 0.29) is 12.7 Å². The zero-order valence-corrected chi connectivity index (χ0v) is 10.7. The van der Waals surface area contributed by atoms with Gasteiger partial charge in [0, 0.05) is 0 Å². The van der Waals surface area contributed by atoms with Gasteiger partial charge in [-0.1, -0.05) is 42.5 Å². The number of ether oxygens (including phenoxy) is 2. The van der Waals surface area contributed by atoms with E-state index in [9.17, 15) is 4.79 Å². The van der Waals surface area contributed by atoms with Gasteiger partial charge in [0.25, 0.3) is 0 Å². The minimum absolute atomic E-state index is 0.0601. The number of rotatable bonds is 9. The lowest BCUT2D eigenvalue weighted by Gasteiger charge is -2.15. The molecule has 0 N–H and O–H groups in total. The first-order valence-electron chi connectivity index (χ1n) is 6.15. The van der Waals surface area contributed by atoms with Crippen molar-refractivity contribution < 1.29 is 14.3 Å². The summed E-state index contributed by atoms with van der Waals surface area (Å²) < 4.78 is 11.0. The molecule has 0 aliphatic carbocycles. The Hall–Kier alpha value is -1.45. The standard InChI is InChI=1S/C15H20O3/c1-2-3-9-15(18-11-10-16)13-17-12-14-7-5-4-6-8-14/h2-8,10,15H,9,11-13H2,1H3/b3-2+/t15-/m1/s1. The molecule has 1 rings (SSSR count). The van der Waals surface area contributed by atoms with Gasteiger partial charge in [0.05, 0.1) is 19.3 Å².